The minimum absolute atomic E-state index is 0.299. The maximum absolute atomic E-state index is 5.79. The lowest BCUT2D eigenvalue weighted by molar-refractivity contribution is 0.0443. The number of anilines is 2. The summed E-state index contributed by atoms with van der Waals surface area (Å²) in [4.78, 5) is 19.1. The summed E-state index contributed by atoms with van der Waals surface area (Å²) < 4.78 is 5.79. The number of nitrogens with zero attached hydrogens (tertiary/aromatic N) is 4. The van der Waals surface area contributed by atoms with Crippen LogP contribution >= 0.6 is 0 Å². The number of aryl methyl sites for hydroxylation is 2. The van der Waals surface area contributed by atoms with Crippen LogP contribution < -0.4 is 9.80 Å². The molecule has 6 nitrogen and oxygen atoms in total. The molecule has 0 spiro atoms. The van der Waals surface area contributed by atoms with Crippen LogP contribution in [0.2, 0.25) is 0 Å². The monoisotopic (exact) mass is 523 g/mol. The van der Waals surface area contributed by atoms with Gasteiger partial charge < -0.3 is 19.5 Å². The molecule has 0 radical (unpaired) electrons. The number of hydrogen-bond donors (Lipinski definition) is 1. The van der Waals surface area contributed by atoms with Crippen LogP contribution in [0.3, 0.4) is 0 Å². The number of fused-ring (bicyclic) bond motifs is 2. The highest BCUT2D eigenvalue weighted by molar-refractivity contribution is 5.96. The van der Waals surface area contributed by atoms with Gasteiger partial charge in [0.15, 0.2) is 5.82 Å². The van der Waals surface area contributed by atoms with Crippen LogP contribution in [0.15, 0.2) is 42.6 Å². The summed E-state index contributed by atoms with van der Waals surface area (Å²) in [5, 5.41) is 1.22. The first-order valence-corrected chi connectivity index (χ1v) is 14.4. The fourth-order valence-electron chi connectivity index (χ4n) is 6.52. The van der Waals surface area contributed by atoms with Gasteiger partial charge in [-0.2, -0.15) is 0 Å². The Hall–Kier alpha value is -3.38. The zero-order chi connectivity index (χ0) is 27.3. The van der Waals surface area contributed by atoms with Gasteiger partial charge in [0.05, 0.1) is 11.8 Å². The topological polar surface area (TPSA) is 57.3 Å². The number of rotatable bonds is 5. The number of methoxy groups -OCH3 is 1. The zero-order valence-electron chi connectivity index (χ0n) is 24.2. The third kappa shape index (κ3) is 4.69. The van der Waals surface area contributed by atoms with Crippen LogP contribution in [0.4, 0.5) is 11.5 Å². The lowest BCUT2D eigenvalue weighted by Gasteiger charge is -2.40. The second-order valence-corrected chi connectivity index (χ2v) is 11.9. The average Bonchev–Trinajstić information content (AvgIpc) is 3.33. The Morgan fingerprint density at radius 2 is 1.87 bits per heavy atom. The van der Waals surface area contributed by atoms with E-state index in [1.807, 2.05) is 7.11 Å². The van der Waals surface area contributed by atoms with E-state index in [0.717, 1.165) is 61.7 Å². The van der Waals surface area contributed by atoms with E-state index in [1.165, 1.54) is 39.0 Å². The molecule has 39 heavy (non-hydrogen) atoms. The maximum atomic E-state index is 5.79. The molecule has 0 saturated carbocycles. The summed E-state index contributed by atoms with van der Waals surface area (Å²) in [6.45, 7) is 14.9. The van der Waals surface area contributed by atoms with Crippen molar-refractivity contribution in [2.24, 2.45) is 5.92 Å². The number of H-pyrrole nitrogens is 1. The summed E-state index contributed by atoms with van der Waals surface area (Å²) >= 11 is 0. The molecule has 1 saturated heterocycles. The quantitative estimate of drug-likeness (QED) is 0.312. The van der Waals surface area contributed by atoms with Crippen molar-refractivity contribution >= 4 is 22.4 Å². The summed E-state index contributed by atoms with van der Waals surface area (Å²) in [7, 11) is 1.84. The Balaban J connectivity index is 1.46. The number of aromatic amines is 1. The maximum Gasteiger partial charge on any atom is 0.162 e. The van der Waals surface area contributed by atoms with Crippen LogP contribution in [0.25, 0.3) is 22.3 Å². The molecule has 1 N–H and O–H groups in total. The normalized spacial score (nSPS) is 19.7. The van der Waals surface area contributed by atoms with E-state index < -0.39 is 0 Å². The SMILES string of the molecule is CO[C@@H]1CCN(c2nc(-c3cccc4[nH]cc(C)c34)nc3c2CN(c2cc(C(C)C)ccc2C)CC3)C[C@H]1C. The first kappa shape index (κ1) is 25.9. The molecule has 6 rings (SSSR count). The fourth-order valence-corrected chi connectivity index (χ4v) is 6.52. The molecule has 0 amide bonds. The molecule has 4 aromatic rings. The van der Waals surface area contributed by atoms with Crippen LogP contribution in [-0.2, 0) is 17.7 Å². The highest BCUT2D eigenvalue weighted by Crippen LogP contribution is 2.37. The first-order valence-electron chi connectivity index (χ1n) is 14.4. The lowest BCUT2D eigenvalue weighted by atomic mass is 9.95. The molecule has 0 aliphatic carbocycles. The number of hydrogen-bond acceptors (Lipinski definition) is 5. The second kappa shape index (κ2) is 10.3. The Kier molecular flexibility index (Phi) is 6.84. The van der Waals surface area contributed by atoms with Crippen LogP contribution in [0, 0.1) is 19.8 Å². The highest BCUT2D eigenvalue weighted by Gasteiger charge is 2.32. The third-order valence-corrected chi connectivity index (χ3v) is 8.85. The molecule has 0 unspecified atom stereocenters. The predicted molar refractivity (Wildman–Crippen MR) is 161 cm³/mol. The van der Waals surface area contributed by atoms with Gasteiger partial charge in [-0.05, 0) is 60.9 Å². The Bertz CT molecular complexity index is 1510. The van der Waals surface area contributed by atoms with E-state index in [9.17, 15) is 0 Å². The predicted octanol–water partition coefficient (Wildman–Crippen LogP) is 6.79. The highest BCUT2D eigenvalue weighted by atomic mass is 16.5. The molecule has 204 valence electrons. The molecule has 6 heteroatoms. The second-order valence-electron chi connectivity index (χ2n) is 11.9. The van der Waals surface area contributed by atoms with Gasteiger partial charge in [-0.15, -0.1) is 0 Å². The van der Waals surface area contributed by atoms with Gasteiger partial charge in [0.2, 0.25) is 0 Å². The molecule has 4 heterocycles. The third-order valence-electron chi connectivity index (χ3n) is 8.85. The van der Waals surface area contributed by atoms with E-state index in [0.29, 0.717) is 17.9 Å². The number of nitrogens with one attached hydrogen (secondary N) is 1. The van der Waals surface area contributed by atoms with E-state index in [1.54, 1.807) is 0 Å². The molecule has 0 bridgehead atoms. The van der Waals surface area contributed by atoms with Crippen LogP contribution in [0.5, 0.6) is 0 Å². The largest absolute Gasteiger partial charge is 0.381 e. The molecular weight excluding hydrogens is 482 g/mol. The molecular formula is C33H41N5O. The summed E-state index contributed by atoms with van der Waals surface area (Å²) in [6, 6.07) is 13.3. The van der Waals surface area contributed by atoms with Crippen molar-refractivity contribution in [3.8, 4) is 11.4 Å². The molecule has 1 fully saturated rings. The minimum Gasteiger partial charge on any atom is -0.381 e. The Labute approximate surface area is 232 Å². The summed E-state index contributed by atoms with van der Waals surface area (Å²) in [5.41, 5.74) is 9.98. The zero-order valence-corrected chi connectivity index (χ0v) is 24.2. The summed E-state index contributed by atoms with van der Waals surface area (Å²) in [5.74, 6) is 2.89. The van der Waals surface area contributed by atoms with Crippen molar-refractivity contribution < 1.29 is 4.74 Å². The number of aromatic nitrogens is 3. The minimum atomic E-state index is 0.299. The molecule has 2 aromatic heterocycles. The van der Waals surface area contributed by atoms with Gasteiger partial charge in [0.1, 0.15) is 5.82 Å². The summed E-state index contributed by atoms with van der Waals surface area (Å²) in [6.07, 6.45) is 4.30. The smallest absolute Gasteiger partial charge is 0.162 e. The standard InChI is InChI=1S/C33H41N5O/c1-20(2)24-11-10-21(3)29(16-24)37-14-12-27-26(19-37)33(38-15-13-30(39-6)23(5)18-38)36-32(35-27)25-8-7-9-28-31(25)22(4)17-34-28/h7-11,16-17,20,23,30,34H,12-15,18-19H2,1-6H3/t23-,30-/m1/s1. The van der Waals surface area contributed by atoms with Crippen molar-refractivity contribution in [2.45, 2.75) is 66.0 Å². The van der Waals surface area contributed by atoms with E-state index in [-0.39, 0.29) is 0 Å². The Morgan fingerprint density at radius 3 is 2.64 bits per heavy atom. The average molecular weight is 524 g/mol. The molecule has 2 aromatic carbocycles. The number of ether oxygens (including phenoxy) is 1. The first-order chi connectivity index (χ1) is 18.8. The van der Waals surface area contributed by atoms with Gasteiger partial charge in [0.25, 0.3) is 0 Å². The molecule has 2 aliphatic heterocycles. The van der Waals surface area contributed by atoms with Crippen molar-refractivity contribution in [3.05, 3.63) is 70.5 Å². The lowest BCUT2D eigenvalue weighted by Crippen LogP contribution is -2.44. The number of piperidine rings is 1. The van der Waals surface area contributed by atoms with Gasteiger partial charge in [-0.1, -0.05) is 45.0 Å². The van der Waals surface area contributed by atoms with Gasteiger partial charge in [0, 0.05) is 73.6 Å². The van der Waals surface area contributed by atoms with Crippen LogP contribution in [-0.4, -0.2) is 47.8 Å². The van der Waals surface area contributed by atoms with E-state index in [2.05, 4.69) is 92.0 Å². The van der Waals surface area contributed by atoms with Crippen molar-refractivity contribution in [3.63, 3.8) is 0 Å². The molecule has 2 aliphatic rings. The van der Waals surface area contributed by atoms with Gasteiger partial charge >= 0.3 is 0 Å². The van der Waals surface area contributed by atoms with E-state index in [4.69, 9.17) is 14.7 Å². The van der Waals surface area contributed by atoms with Crippen molar-refractivity contribution in [1.82, 2.24) is 15.0 Å². The van der Waals surface area contributed by atoms with Crippen molar-refractivity contribution in [2.75, 3.05) is 36.5 Å². The van der Waals surface area contributed by atoms with Crippen LogP contribution in [0.1, 0.15) is 61.1 Å². The Morgan fingerprint density at radius 1 is 1.03 bits per heavy atom. The van der Waals surface area contributed by atoms with Gasteiger partial charge in [-0.25, -0.2) is 9.97 Å². The molecule has 2 atom stereocenters. The van der Waals surface area contributed by atoms with E-state index >= 15 is 0 Å². The number of benzene rings is 2. The fraction of sp³-hybridized carbons (Fsp3) is 0.455. The van der Waals surface area contributed by atoms with Gasteiger partial charge in [-0.3, -0.25) is 0 Å². The van der Waals surface area contributed by atoms with Crippen molar-refractivity contribution in [1.29, 1.82) is 0 Å².